The molecule has 2 rings (SSSR count). The van der Waals surface area contributed by atoms with Gasteiger partial charge in [-0.05, 0) is 18.6 Å². The average Bonchev–Trinajstić information content (AvgIpc) is 2.82. The van der Waals surface area contributed by atoms with Gasteiger partial charge in [0.2, 0.25) is 0 Å². The van der Waals surface area contributed by atoms with Crippen molar-refractivity contribution in [2.75, 3.05) is 11.9 Å². The molecule has 0 amide bonds. The standard InChI is InChI=1S/C11H13N5O2/c1-8-2-3-11(16(17)18)10(6-8)12-5-4-9-7-13-15-14-9/h2-3,6-7,12H,4-5H2,1H3,(H,13,14,15). The molecular weight excluding hydrogens is 234 g/mol. The average molecular weight is 247 g/mol. The van der Waals surface area contributed by atoms with Crippen LogP contribution in [-0.2, 0) is 6.42 Å². The van der Waals surface area contributed by atoms with Gasteiger partial charge in [-0.1, -0.05) is 6.07 Å². The highest BCUT2D eigenvalue weighted by atomic mass is 16.6. The number of nitro benzene ring substituents is 1. The highest BCUT2D eigenvalue weighted by molar-refractivity contribution is 5.62. The summed E-state index contributed by atoms with van der Waals surface area (Å²) in [6.45, 7) is 2.46. The van der Waals surface area contributed by atoms with Crippen molar-refractivity contribution in [1.29, 1.82) is 0 Å². The molecular formula is C11H13N5O2. The lowest BCUT2D eigenvalue weighted by molar-refractivity contribution is -0.384. The van der Waals surface area contributed by atoms with Crippen molar-refractivity contribution in [1.82, 2.24) is 15.4 Å². The minimum Gasteiger partial charge on any atom is -0.379 e. The molecule has 18 heavy (non-hydrogen) atoms. The minimum atomic E-state index is -0.391. The smallest absolute Gasteiger partial charge is 0.292 e. The molecule has 0 bridgehead atoms. The second kappa shape index (κ2) is 5.26. The maximum atomic E-state index is 10.9. The third-order valence-electron chi connectivity index (χ3n) is 2.51. The molecule has 7 nitrogen and oxygen atoms in total. The molecule has 2 N–H and O–H groups in total. The van der Waals surface area contributed by atoms with E-state index in [1.165, 1.54) is 6.07 Å². The fourth-order valence-corrected chi connectivity index (χ4v) is 1.62. The van der Waals surface area contributed by atoms with E-state index in [0.29, 0.717) is 18.7 Å². The van der Waals surface area contributed by atoms with Gasteiger partial charge in [0, 0.05) is 19.0 Å². The summed E-state index contributed by atoms with van der Waals surface area (Å²) >= 11 is 0. The van der Waals surface area contributed by atoms with E-state index in [9.17, 15) is 10.1 Å². The van der Waals surface area contributed by atoms with Crippen LogP contribution in [0.2, 0.25) is 0 Å². The van der Waals surface area contributed by atoms with Crippen LogP contribution in [-0.4, -0.2) is 26.9 Å². The van der Waals surface area contributed by atoms with Crippen molar-refractivity contribution in [2.24, 2.45) is 0 Å². The Bertz CT molecular complexity index is 538. The third kappa shape index (κ3) is 2.82. The molecule has 2 aromatic rings. The molecule has 94 valence electrons. The molecule has 1 aromatic carbocycles. The van der Waals surface area contributed by atoms with E-state index in [2.05, 4.69) is 20.7 Å². The minimum absolute atomic E-state index is 0.0840. The first kappa shape index (κ1) is 12.0. The molecule has 0 unspecified atom stereocenters. The van der Waals surface area contributed by atoms with Gasteiger partial charge in [-0.2, -0.15) is 15.4 Å². The maximum Gasteiger partial charge on any atom is 0.292 e. The van der Waals surface area contributed by atoms with Crippen LogP contribution < -0.4 is 5.32 Å². The summed E-state index contributed by atoms with van der Waals surface area (Å²) in [5.74, 6) is 0. The van der Waals surface area contributed by atoms with Crippen LogP contribution in [0, 0.1) is 17.0 Å². The number of nitrogens with zero attached hydrogens (tertiary/aromatic N) is 3. The maximum absolute atomic E-state index is 10.9. The molecule has 1 aromatic heterocycles. The van der Waals surface area contributed by atoms with Crippen molar-refractivity contribution in [3.63, 3.8) is 0 Å². The number of aryl methyl sites for hydroxylation is 1. The summed E-state index contributed by atoms with van der Waals surface area (Å²) in [5, 5.41) is 24.0. The van der Waals surface area contributed by atoms with Crippen LogP contribution in [0.3, 0.4) is 0 Å². The first-order chi connectivity index (χ1) is 8.66. The van der Waals surface area contributed by atoms with Crippen molar-refractivity contribution in [3.05, 3.63) is 45.8 Å². The summed E-state index contributed by atoms with van der Waals surface area (Å²) in [5.41, 5.74) is 2.41. The fourth-order valence-electron chi connectivity index (χ4n) is 1.62. The highest BCUT2D eigenvalue weighted by Gasteiger charge is 2.12. The van der Waals surface area contributed by atoms with Crippen LogP contribution in [0.25, 0.3) is 0 Å². The second-order valence-electron chi connectivity index (χ2n) is 3.92. The second-order valence-corrected chi connectivity index (χ2v) is 3.92. The van der Waals surface area contributed by atoms with E-state index in [4.69, 9.17) is 0 Å². The summed E-state index contributed by atoms with van der Waals surface area (Å²) in [7, 11) is 0. The van der Waals surface area contributed by atoms with Crippen LogP contribution in [0.15, 0.2) is 24.4 Å². The predicted molar refractivity (Wildman–Crippen MR) is 66.4 cm³/mol. The zero-order chi connectivity index (χ0) is 13.0. The number of anilines is 1. The van der Waals surface area contributed by atoms with Gasteiger partial charge in [0.1, 0.15) is 5.69 Å². The molecule has 0 aliphatic carbocycles. The first-order valence-electron chi connectivity index (χ1n) is 5.50. The number of H-pyrrole nitrogens is 1. The number of aromatic nitrogens is 3. The lowest BCUT2D eigenvalue weighted by atomic mass is 10.2. The third-order valence-corrected chi connectivity index (χ3v) is 2.51. The van der Waals surface area contributed by atoms with Crippen LogP contribution in [0.4, 0.5) is 11.4 Å². The van der Waals surface area contributed by atoms with Crippen molar-refractivity contribution in [2.45, 2.75) is 13.3 Å². The number of benzene rings is 1. The normalized spacial score (nSPS) is 10.3. The molecule has 0 aliphatic rings. The molecule has 1 heterocycles. The van der Waals surface area contributed by atoms with Gasteiger partial charge in [-0.3, -0.25) is 10.1 Å². The van der Waals surface area contributed by atoms with Gasteiger partial charge < -0.3 is 5.32 Å². The zero-order valence-electron chi connectivity index (χ0n) is 9.88. The number of hydrogen-bond donors (Lipinski definition) is 2. The van der Waals surface area contributed by atoms with E-state index in [1.807, 2.05) is 6.92 Å². The van der Waals surface area contributed by atoms with Crippen LogP contribution in [0.5, 0.6) is 0 Å². The van der Waals surface area contributed by atoms with Gasteiger partial charge in [0.25, 0.3) is 5.69 Å². The van der Waals surface area contributed by atoms with Crippen molar-refractivity contribution < 1.29 is 4.92 Å². The predicted octanol–water partition coefficient (Wildman–Crippen LogP) is 1.68. The molecule has 0 fully saturated rings. The fraction of sp³-hybridized carbons (Fsp3) is 0.273. The Morgan fingerprint density at radius 2 is 2.33 bits per heavy atom. The molecule has 0 radical (unpaired) electrons. The largest absolute Gasteiger partial charge is 0.379 e. The Hall–Kier alpha value is -2.44. The summed E-state index contributed by atoms with van der Waals surface area (Å²) in [4.78, 5) is 10.5. The van der Waals surface area contributed by atoms with E-state index in [0.717, 1.165) is 11.3 Å². The highest BCUT2D eigenvalue weighted by Crippen LogP contribution is 2.24. The summed E-state index contributed by atoms with van der Waals surface area (Å²) < 4.78 is 0. The molecule has 0 spiro atoms. The SMILES string of the molecule is Cc1ccc([N+](=O)[O-])c(NCCc2cn[nH]n2)c1. The van der Waals surface area contributed by atoms with Gasteiger partial charge in [-0.25, -0.2) is 0 Å². The summed E-state index contributed by atoms with van der Waals surface area (Å²) in [6, 6.07) is 5.00. The summed E-state index contributed by atoms with van der Waals surface area (Å²) in [6.07, 6.45) is 2.29. The molecule has 0 saturated heterocycles. The molecule has 0 atom stereocenters. The topological polar surface area (TPSA) is 96.7 Å². The van der Waals surface area contributed by atoms with Gasteiger partial charge >= 0.3 is 0 Å². The van der Waals surface area contributed by atoms with E-state index >= 15 is 0 Å². The zero-order valence-corrected chi connectivity index (χ0v) is 9.88. The van der Waals surface area contributed by atoms with Gasteiger partial charge in [0.15, 0.2) is 0 Å². The van der Waals surface area contributed by atoms with Gasteiger partial charge in [0.05, 0.1) is 16.8 Å². The van der Waals surface area contributed by atoms with Gasteiger partial charge in [-0.15, -0.1) is 0 Å². The number of aromatic amines is 1. The van der Waals surface area contributed by atoms with Crippen LogP contribution in [0.1, 0.15) is 11.3 Å². The quantitative estimate of drug-likeness (QED) is 0.618. The number of nitro groups is 1. The van der Waals surface area contributed by atoms with Crippen LogP contribution >= 0.6 is 0 Å². The van der Waals surface area contributed by atoms with E-state index in [1.54, 1.807) is 18.3 Å². The lowest BCUT2D eigenvalue weighted by Crippen LogP contribution is -2.07. The molecule has 0 saturated carbocycles. The Balaban J connectivity index is 2.03. The Morgan fingerprint density at radius 3 is 3.00 bits per heavy atom. The Labute approximate surface area is 103 Å². The van der Waals surface area contributed by atoms with Crippen molar-refractivity contribution in [3.8, 4) is 0 Å². The lowest BCUT2D eigenvalue weighted by Gasteiger charge is -2.06. The van der Waals surface area contributed by atoms with E-state index in [-0.39, 0.29) is 5.69 Å². The van der Waals surface area contributed by atoms with Crippen molar-refractivity contribution >= 4 is 11.4 Å². The molecule has 0 aliphatic heterocycles. The monoisotopic (exact) mass is 247 g/mol. The first-order valence-corrected chi connectivity index (χ1v) is 5.50. The van der Waals surface area contributed by atoms with E-state index < -0.39 is 4.92 Å². The number of nitrogens with one attached hydrogen (secondary N) is 2. The number of rotatable bonds is 5. The Kier molecular flexibility index (Phi) is 3.52. The number of hydrogen-bond acceptors (Lipinski definition) is 5. The molecule has 7 heteroatoms. The Morgan fingerprint density at radius 1 is 1.50 bits per heavy atom.